The first-order valence-corrected chi connectivity index (χ1v) is 7.27. The third-order valence-corrected chi connectivity index (χ3v) is 3.54. The van der Waals surface area contributed by atoms with E-state index in [9.17, 15) is 0 Å². The van der Waals surface area contributed by atoms with E-state index in [4.69, 9.17) is 17.0 Å². The predicted octanol–water partition coefficient (Wildman–Crippen LogP) is 0.990. The van der Waals surface area contributed by atoms with E-state index in [-0.39, 0.29) is 0 Å². The van der Waals surface area contributed by atoms with Crippen molar-refractivity contribution in [2.75, 3.05) is 31.4 Å². The molecule has 2 rings (SSSR count). The summed E-state index contributed by atoms with van der Waals surface area (Å²) < 4.78 is 5.70. The molecule has 5 heteroatoms. The van der Waals surface area contributed by atoms with E-state index in [1.54, 1.807) is 0 Å². The van der Waals surface area contributed by atoms with Gasteiger partial charge in [0.05, 0.1) is 18.8 Å². The predicted molar refractivity (Wildman–Crippen MR) is 81.7 cm³/mol. The Bertz CT molecular complexity index is 438. The summed E-state index contributed by atoms with van der Waals surface area (Å²) in [6.45, 7) is 7.81. The third kappa shape index (κ3) is 3.36. The molecule has 4 nitrogen and oxygen atoms in total. The van der Waals surface area contributed by atoms with Crippen LogP contribution in [0.2, 0.25) is 0 Å². The van der Waals surface area contributed by atoms with E-state index >= 15 is 0 Å². The van der Waals surface area contributed by atoms with E-state index in [2.05, 4.69) is 23.2 Å². The highest BCUT2D eigenvalue weighted by Gasteiger charge is 2.26. The molecular weight excluding hydrogens is 258 g/mol. The minimum Gasteiger partial charge on any atom is -0.492 e. The van der Waals surface area contributed by atoms with Gasteiger partial charge in [-0.25, -0.2) is 0 Å². The molecule has 1 fully saturated rings. The van der Waals surface area contributed by atoms with Gasteiger partial charge in [0.1, 0.15) is 5.75 Å². The number of nitrogens with zero attached hydrogens (tertiary/aromatic N) is 1. The molecule has 0 spiro atoms. The minimum absolute atomic E-state index is 0.663. The van der Waals surface area contributed by atoms with Gasteiger partial charge < -0.3 is 15.0 Å². The average molecular weight is 280 g/mol. The molecule has 1 aromatic carbocycles. The van der Waals surface area contributed by atoms with Crippen molar-refractivity contribution in [3.8, 4) is 5.75 Å². The topological polar surface area (TPSA) is 28.9 Å². The quantitative estimate of drug-likeness (QED) is 0.787. The Labute approximate surface area is 120 Å². The second-order valence-electron chi connectivity index (χ2n) is 4.65. The summed E-state index contributed by atoms with van der Waals surface area (Å²) in [4.78, 5) is 3.62. The summed E-state index contributed by atoms with van der Waals surface area (Å²) in [5, 5.41) is 4.08. The first kappa shape index (κ1) is 14.1. The number of anilines is 1. The number of quaternary nitrogens is 1. The average Bonchev–Trinajstić information content (AvgIpc) is 2.42. The lowest BCUT2D eigenvalue weighted by Crippen LogP contribution is -3.17. The molecule has 1 heterocycles. The Hall–Kier alpha value is -1.33. The minimum atomic E-state index is 0.663. The molecule has 0 bridgehead atoms. The van der Waals surface area contributed by atoms with Crippen LogP contribution in [-0.4, -0.2) is 31.6 Å². The largest absolute Gasteiger partial charge is 0.492 e. The van der Waals surface area contributed by atoms with Crippen molar-refractivity contribution < 1.29 is 9.64 Å². The van der Waals surface area contributed by atoms with Gasteiger partial charge in [0, 0.05) is 0 Å². The highest BCUT2D eigenvalue weighted by atomic mass is 32.1. The first-order chi connectivity index (χ1) is 9.26. The Morgan fingerprint density at radius 3 is 2.89 bits per heavy atom. The van der Waals surface area contributed by atoms with Crippen molar-refractivity contribution in [3.05, 3.63) is 24.3 Å². The number of rotatable bonds is 5. The van der Waals surface area contributed by atoms with Crippen molar-refractivity contribution in [1.82, 2.24) is 5.32 Å². The van der Waals surface area contributed by atoms with Crippen LogP contribution in [0.15, 0.2) is 24.3 Å². The first-order valence-electron chi connectivity index (χ1n) is 6.87. The van der Waals surface area contributed by atoms with Crippen molar-refractivity contribution >= 4 is 23.0 Å². The fraction of sp³-hybridized carbons (Fsp3) is 0.500. The summed E-state index contributed by atoms with van der Waals surface area (Å²) in [7, 11) is 0. The van der Waals surface area contributed by atoms with E-state index in [1.165, 1.54) is 11.3 Å². The van der Waals surface area contributed by atoms with Gasteiger partial charge in [0.2, 0.25) is 0 Å². The maximum Gasteiger partial charge on any atom is 0.182 e. The highest BCUT2D eigenvalue weighted by Crippen LogP contribution is 2.27. The molecule has 19 heavy (non-hydrogen) atoms. The van der Waals surface area contributed by atoms with Gasteiger partial charge in [-0.2, -0.15) is 0 Å². The standard InChI is InChI=1S/C14H21N3OS/c1-3-9-16-10-15-14(19)17(11-16)12-7-5-6-8-13(12)18-4-2/h5-8H,3-4,9-11H2,1-2H3,(H,15,19)/p+1. The SMILES string of the molecule is CCC[NH+]1CNC(=S)N(c2ccccc2OCC)C1. The van der Waals surface area contributed by atoms with Crippen molar-refractivity contribution in [3.63, 3.8) is 0 Å². The van der Waals surface area contributed by atoms with Gasteiger partial charge in [-0.05, 0) is 37.7 Å². The monoisotopic (exact) mass is 280 g/mol. The number of benzene rings is 1. The number of para-hydroxylation sites is 2. The van der Waals surface area contributed by atoms with Crippen LogP contribution in [0.1, 0.15) is 20.3 Å². The van der Waals surface area contributed by atoms with Crippen LogP contribution < -0.4 is 19.9 Å². The zero-order valence-corrected chi connectivity index (χ0v) is 12.4. The van der Waals surface area contributed by atoms with Crippen LogP contribution >= 0.6 is 12.2 Å². The molecule has 0 radical (unpaired) electrons. The van der Waals surface area contributed by atoms with Crippen LogP contribution in [0.4, 0.5) is 5.69 Å². The number of nitrogens with one attached hydrogen (secondary N) is 2. The summed E-state index contributed by atoms with van der Waals surface area (Å²) in [6, 6.07) is 8.07. The molecule has 0 aliphatic carbocycles. The highest BCUT2D eigenvalue weighted by molar-refractivity contribution is 7.80. The van der Waals surface area contributed by atoms with E-state index in [0.29, 0.717) is 6.61 Å². The van der Waals surface area contributed by atoms with Crippen LogP contribution in [0, 0.1) is 0 Å². The number of hydrogen-bond donors (Lipinski definition) is 2. The summed E-state index contributed by atoms with van der Waals surface area (Å²) in [5.41, 5.74) is 1.05. The lowest BCUT2D eigenvalue weighted by molar-refractivity contribution is -0.903. The smallest absolute Gasteiger partial charge is 0.182 e. The summed E-state index contributed by atoms with van der Waals surface area (Å²) in [5.74, 6) is 0.895. The lowest BCUT2D eigenvalue weighted by atomic mass is 10.2. The molecule has 1 saturated heterocycles. The maximum absolute atomic E-state index is 5.70. The van der Waals surface area contributed by atoms with E-state index < -0.39 is 0 Å². The van der Waals surface area contributed by atoms with Crippen LogP contribution in [0.25, 0.3) is 0 Å². The van der Waals surface area contributed by atoms with Crippen LogP contribution in [0.3, 0.4) is 0 Å². The van der Waals surface area contributed by atoms with Gasteiger partial charge in [-0.15, -0.1) is 0 Å². The van der Waals surface area contributed by atoms with E-state index in [0.717, 1.165) is 36.4 Å². The molecule has 104 valence electrons. The second kappa shape index (κ2) is 6.73. The molecule has 2 N–H and O–H groups in total. The third-order valence-electron chi connectivity index (χ3n) is 3.18. The zero-order chi connectivity index (χ0) is 13.7. The molecule has 1 aliphatic heterocycles. The Morgan fingerprint density at radius 1 is 1.37 bits per heavy atom. The van der Waals surface area contributed by atoms with Crippen LogP contribution in [0.5, 0.6) is 5.75 Å². The second-order valence-corrected chi connectivity index (χ2v) is 5.03. The molecule has 0 amide bonds. The Morgan fingerprint density at radius 2 is 2.16 bits per heavy atom. The van der Waals surface area contributed by atoms with Crippen molar-refractivity contribution in [2.24, 2.45) is 0 Å². The van der Waals surface area contributed by atoms with Gasteiger partial charge in [0.25, 0.3) is 0 Å². The fourth-order valence-electron chi connectivity index (χ4n) is 2.32. The molecule has 1 aliphatic rings. The molecule has 0 aromatic heterocycles. The lowest BCUT2D eigenvalue weighted by Gasteiger charge is -2.35. The molecule has 1 aromatic rings. The van der Waals surface area contributed by atoms with Crippen molar-refractivity contribution in [2.45, 2.75) is 20.3 Å². The number of ether oxygens (including phenoxy) is 1. The van der Waals surface area contributed by atoms with Crippen molar-refractivity contribution in [1.29, 1.82) is 0 Å². The summed E-state index contributed by atoms with van der Waals surface area (Å²) in [6.07, 6.45) is 1.17. The fourth-order valence-corrected chi connectivity index (χ4v) is 2.56. The van der Waals surface area contributed by atoms with Gasteiger partial charge in [-0.3, -0.25) is 4.90 Å². The van der Waals surface area contributed by atoms with Gasteiger partial charge in [0.15, 0.2) is 18.4 Å². The Balaban J connectivity index is 2.20. The Kier molecular flexibility index (Phi) is 4.99. The normalized spacial score (nSPS) is 19.2. The van der Waals surface area contributed by atoms with E-state index in [1.807, 2.05) is 25.1 Å². The van der Waals surface area contributed by atoms with Gasteiger partial charge in [-0.1, -0.05) is 19.1 Å². The summed E-state index contributed by atoms with van der Waals surface area (Å²) >= 11 is 5.44. The number of hydrogen-bond acceptors (Lipinski definition) is 2. The molecular formula is C14H22N3OS+. The zero-order valence-electron chi connectivity index (χ0n) is 11.6. The van der Waals surface area contributed by atoms with Crippen LogP contribution in [-0.2, 0) is 0 Å². The maximum atomic E-state index is 5.70. The number of thiocarbonyl (C=S) groups is 1. The van der Waals surface area contributed by atoms with Gasteiger partial charge >= 0.3 is 0 Å². The molecule has 0 saturated carbocycles. The molecule has 1 unspecified atom stereocenters. The molecule has 1 atom stereocenters.